The summed E-state index contributed by atoms with van der Waals surface area (Å²) in [5, 5.41) is 5.41. The van der Waals surface area contributed by atoms with Gasteiger partial charge >= 0.3 is 0 Å². The fourth-order valence-electron chi connectivity index (χ4n) is 3.72. The van der Waals surface area contributed by atoms with Crippen LogP contribution in [0, 0.1) is 0 Å². The molecule has 0 radical (unpaired) electrons. The monoisotopic (exact) mass is 397 g/mol. The van der Waals surface area contributed by atoms with Crippen LogP contribution in [0.2, 0.25) is 0 Å². The molecule has 5 aromatic rings. The highest BCUT2D eigenvalue weighted by molar-refractivity contribution is 7.26. The van der Waals surface area contributed by atoms with Crippen molar-refractivity contribution in [3.63, 3.8) is 0 Å². The van der Waals surface area contributed by atoms with Gasteiger partial charge in [-0.25, -0.2) is 4.98 Å². The maximum atomic E-state index is 12.4. The van der Waals surface area contributed by atoms with Crippen molar-refractivity contribution in [2.45, 2.75) is 6.92 Å². The van der Waals surface area contributed by atoms with Crippen LogP contribution in [0.25, 0.3) is 37.0 Å². The van der Waals surface area contributed by atoms with E-state index in [1.54, 1.807) is 12.5 Å². The van der Waals surface area contributed by atoms with Crippen LogP contribution in [0.4, 0.5) is 0 Å². The van der Waals surface area contributed by atoms with Gasteiger partial charge < -0.3 is 5.32 Å². The zero-order valence-corrected chi connectivity index (χ0v) is 16.7. The van der Waals surface area contributed by atoms with Crippen LogP contribution in [0.5, 0.6) is 0 Å². The third-order valence-corrected chi connectivity index (χ3v) is 6.27. The zero-order chi connectivity index (χ0) is 19.8. The normalized spacial score (nSPS) is 11.2. The SMILES string of the molecule is CCNC(=O)c1cncn1-c1cccc(-c2cccc3c2sc2ccccc23)c1. The zero-order valence-electron chi connectivity index (χ0n) is 15.9. The molecule has 2 aromatic heterocycles. The van der Waals surface area contributed by atoms with Crippen LogP contribution in [-0.4, -0.2) is 22.0 Å². The number of nitrogens with one attached hydrogen (secondary N) is 1. The average Bonchev–Trinajstić information content (AvgIpc) is 3.39. The van der Waals surface area contributed by atoms with E-state index < -0.39 is 0 Å². The van der Waals surface area contributed by atoms with Crippen molar-refractivity contribution in [2.24, 2.45) is 0 Å². The summed E-state index contributed by atoms with van der Waals surface area (Å²) in [6.45, 7) is 2.49. The van der Waals surface area contributed by atoms with E-state index >= 15 is 0 Å². The molecule has 0 saturated carbocycles. The summed E-state index contributed by atoms with van der Waals surface area (Å²) in [6, 6.07) is 23.2. The Hall–Kier alpha value is -3.44. The van der Waals surface area contributed by atoms with E-state index in [1.165, 1.54) is 25.7 Å². The summed E-state index contributed by atoms with van der Waals surface area (Å²) < 4.78 is 4.40. The molecule has 0 fully saturated rings. The number of hydrogen-bond acceptors (Lipinski definition) is 3. The van der Waals surface area contributed by atoms with Gasteiger partial charge in [-0.15, -0.1) is 11.3 Å². The average molecular weight is 398 g/mol. The molecule has 29 heavy (non-hydrogen) atoms. The maximum Gasteiger partial charge on any atom is 0.269 e. The van der Waals surface area contributed by atoms with E-state index in [4.69, 9.17) is 0 Å². The van der Waals surface area contributed by atoms with Crippen LogP contribution < -0.4 is 5.32 Å². The number of carbonyl (C=O) groups is 1. The van der Waals surface area contributed by atoms with Crippen molar-refractivity contribution in [2.75, 3.05) is 6.54 Å². The highest BCUT2D eigenvalue weighted by atomic mass is 32.1. The molecule has 1 N–H and O–H groups in total. The first-order valence-corrected chi connectivity index (χ1v) is 10.4. The Morgan fingerprint density at radius 1 is 1.03 bits per heavy atom. The number of fused-ring (bicyclic) bond motifs is 3. The lowest BCUT2D eigenvalue weighted by molar-refractivity contribution is 0.0949. The van der Waals surface area contributed by atoms with Gasteiger partial charge in [0.2, 0.25) is 0 Å². The number of hydrogen-bond donors (Lipinski definition) is 1. The summed E-state index contributed by atoms with van der Waals surface area (Å²) in [4.78, 5) is 16.5. The number of nitrogens with zero attached hydrogens (tertiary/aromatic N) is 2. The molecule has 0 atom stereocenters. The molecule has 2 heterocycles. The predicted molar refractivity (Wildman–Crippen MR) is 120 cm³/mol. The second kappa shape index (κ2) is 7.18. The van der Waals surface area contributed by atoms with E-state index in [0.29, 0.717) is 12.2 Å². The van der Waals surface area contributed by atoms with E-state index in [1.807, 2.05) is 35.0 Å². The molecule has 5 rings (SSSR count). The largest absolute Gasteiger partial charge is 0.351 e. The minimum Gasteiger partial charge on any atom is -0.351 e. The minimum absolute atomic E-state index is 0.123. The van der Waals surface area contributed by atoms with E-state index in [2.05, 4.69) is 64.9 Å². The van der Waals surface area contributed by atoms with E-state index in [-0.39, 0.29) is 5.91 Å². The third-order valence-electron chi connectivity index (χ3n) is 5.05. The molecule has 1 amide bonds. The van der Waals surface area contributed by atoms with Gasteiger partial charge in [-0.3, -0.25) is 9.36 Å². The van der Waals surface area contributed by atoms with Crippen molar-refractivity contribution < 1.29 is 4.79 Å². The summed E-state index contributed by atoms with van der Waals surface area (Å²) in [6.07, 6.45) is 3.29. The van der Waals surface area contributed by atoms with Crippen LogP contribution in [0.15, 0.2) is 79.3 Å². The molecule has 5 heteroatoms. The van der Waals surface area contributed by atoms with Crippen LogP contribution in [0.1, 0.15) is 17.4 Å². The number of aromatic nitrogens is 2. The molecule has 142 valence electrons. The van der Waals surface area contributed by atoms with Gasteiger partial charge in [0.1, 0.15) is 5.69 Å². The molecule has 0 aliphatic carbocycles. The molecular weight excluding hydrogens is 378 g/mol. The first-order chi connectivity index (χ1) is 14.3. The fourth-order valence-corrected chi connectivity index (χ4v) is 4.96. The molecule has 0 aliphatic heterocycles. The van der Waals surface area contributed by atoms with Crippen molar-refractivity contribution in [3.8, 4) is 16.8 Å². The van der Waals surface area contributed by atoms with Gasteiger partial charge in [0.25, 0.3) is 5.91 Å². The van der Waals surface area contributed by atoms with Gasteiger partial charge in [0, 0.05) is 32.4 Å². The number of imidazole rings is 1. The number of amides is 1. The molecule has 0 spiro atoms. The van der Waals surface area contributed by atoms with Gasteiger partial charge in [0.15, 0.2) is 0 Å². The lowest BCUT2D eigenvalue weighted by Crippen LogP contribution is -2.24. The molecule has 0 aliphatic rings. The smallest absolute Gasteiger partial charge is 0.269 e. The van der Waals surface area contributed by atoms with Crippen LogP contribution >= 0.6 is 11.3 Å². The van der Waals surface area contributed by atoms with Crippen molar-refractivity contribution in [1.82, 2.24) is 14.9 Å². The molecule has 0 unspecified atom stereocenters. The molecule has 0 bridgehead atoms. The summed E-state index contributed by atoms with van der Waals surface area (Å²) in [5.74, 6) is -0.123. The lowest BCUT2D eigenvalue weighted by atomic mass is 10.0. The number of rotatable bonds is 4. The Morgan fingerprint density at radius 2 is 1.86 bits per heavy atom. The summed E-state index contributed by atoms with van der Waals surface area (Å²) in [7, 11) is 0. The molecule has 0 saturated heterocycles. The first-order valence-electron chi connectivity index (χ1n) is 9.58. The van der Waals surface area contributed by atoms with Crippen LogP contribution in [-0.2, 0) is 0 Å². The van der Waals surface area contributed by atoms with E-state index in [0.717, 1.165) is 11.3 Å². The van der Waals surface area contributed by atoms with Crippen molar-refractivity contribution >= 4 is 37.4 Å². The first kappa shape index (κ1) is 17.6. The highest BCUT2D eigenvalue weighted by Gasteiger charge is 2.14. The standard InChI is InChI=1S/C24H19N3OS/c1-2-26-24(28)21-14-25-15-27(21)17-8-5-7-16(13-17)18-10-6-11-20-19-9-3-4-12-22(19)29-23(18)20/h3-15H,2H2,1H3,(H,26,28). The topological polar surface area (TPSA) is 46.9 Å². The maximum absolute atomic E-state index is 12.4. The summed E-state index contributed by atoms with van der Waals surface area (Å²) >= 11 is 1.82. The third kappa shape index (κ3) is 3.00. The Bertz CT molecular complexity index is 1350. The van der Waals surface area contributed by atoms with Crippen molar-refractivity contribution in [1.29, 1.82) is 0 Å². The number of carbonyl (C=O) groups excluding carboxylic acids is 1. The highest BCUT2D eigenvalue weighted by Crippen LogP contribution is 2.40. The number of thiophene rings is 1. The van der Waals surface area contributed by atoms with Gasteiger partial charge in [0.05, 0.1) is 12.5 Å². The quantitative estimate of drug-likeness (QED) is 0.425. The lowest BCUT2D eigenvalue weighted by Gasteiger charge is -2.10. The van der Waals surface area contributed by atoms with E-state index in [9.17, 15) is 4.79 Å². The minimum atomic E-state index is -0.123. The Kier molecular flexibility index (Phi) is 4.37. The van der Waals surface area contributed by atoms with Gasteiger partial charge in [-0.05, 0) is 36.2 Å². The number of benzene rings is 3. The fraction of sp³-hybridized carbons (Fsp3) is 0.0833. The Labute approximate surface area is 172 Å². The Balaban J connectivity index is 1.65. The molecule has 4 nitrogen and oxygen atoms in total. The van der Waals surface area contributed by atoms with Crippen LogP contribution in [0.3, 0.4) is 0 Å². The molecule has 3 aromatic carbocycles. The predicted octanol–water partition coefficient (Wildman–Crippen LogP) is 5.66. The Morgan fingerprint density at radius 3 is 2.76 bits per heavy atom. The second-order valence-corrected chi connectivity index (χ2v) is 7.89. The second-order valence-electron chi connectivity index (χ2n) is 6.84. The summed E-state index contributed by atoms with van der Waals surface area (Å²) in [5.41, 5.74) is 3.77. The van der Waals surface area contributed by atoms with Gasteiger partial charge in [-0.2, -0.15) is 0 Å². The molecular formula is C24H19N3OS. The van der Waals surface area contributed by atoms with Crippen molar-refractivity contribution in [3.05, 3.63) is 84.9 Å². The van der Waals surface area contributed by atoms with Gasteiger partial charge in [-0.1, -0.05) is 48.5 Å².